The standard InChI is InChI=1S/C14H18FN5O/c1-17-13-18-8-10(7-16)12(19-13)20-4-2-14(3-5-20)6-11(15)9-21-14/h8,11H,2-6,9H2,1H3,(H,17,18,19). The predicted molar refractivity (Wildman–Crippen MR) is 75.9 cm³/mol. The molecule has 2 aliphatic heterocycles. The molecule has 1 aromatic rings. The van der Waals surface area contributed by atoms with E-state index in [-0.39, 0.29) is 12.2 Å². The van der Waals surface area contributed by atoms with Crippen molar-refractivity contribution < 1.29 is 9.13 Å². The largest absolute Gasteiger partial charge is 0.372 e. The molecule has 1 spiro atoms. The third kappa shape index (κ3) is 2.63. The van der Waals surface area contributed by atoms with Gasteiger partial charge in [0, 0.05) is 26.6 Å². The normalized spacial score (nSPS) is 24.0. The lowest BCUT2D eigenvalue weighted by Gasteiger charge is -2.39. The molecule has 112 valence electrons. The number of ether oxygens (including phenoxy) is 1. The van der Waals surface area contributed by atoms with E-state index >= 15 is 0 Å². The minimum absolute atomic E-state index is 0.209. The molecule has 0 radical (unpaired) electrons. The number of hydrogen-bond acceptors (Lipinski definition) is 6. The molecule has 3 heterocycles. The third-order valence-electron chi connectivity index (χ3n) is 4.25. The van der Waals surface area contributed by atoms with Crippen molar-refractivity contribution in [3.63, 3.8) is 0 Å². The molecular weight excluding hydrogens is 273 g/mol. The Labute approximate surface area is 122 Å². The zero-order valence-corrected chi connectivity index (χ0v) is 12.0. The Kier molecular flexibility index (Phi) is 3.64. The summed E-state index contributed by atoms with van der Waals surface area (Å²) in [5.41, 5.74) is 0.141. The summed E-state index contributed by atoms with van der Waals surface area (Å²) in [7, 11) is 1.74. The summed E-state index contributed by atoms with van der Waals surface area (Å²) in [6.07, 6.45) is 2.69. The average molecular weight is 291 g/mol. The van der Waals surface area contributed by atoms with Crippen molar-refractivity contribution in [3.8, 4) is 6.07 Å². The van der Waals surface area contributed by atoms with Crippen molar-refractivity contribution in [1.82, 2.24) is 9.97 Å². The fraction of sp³-hybridized carbons (Fsp3) is 0.643. The lowest BCUT2D eigenvalue weighted by Crippen LogP contribution is -2.44. The Morgan fingerprint density at radius 2 is 2.29 bits per heavy atom. The zero-order valence-electron chi connectivity index (χ0n) is 12.0. The molecule has 3 rings (SSSR count). The number of nitrogens with one attached hydrogen (secondary N) is 1. The molecule has 2 aliphatic rings. The van der Waals surface area contributed by atoms with Gasteiger partial charge in [-0.15, -0.1) is 0 Å². The average Bonchev–Trinajstić information content (AvgIpc) is 2.88. The number of nitriles is 1. The minimum atomic E-state index is -0.846. The highest BCUT2D eigenvalue weighted by molar-refractivity contribution is 5.55. The van der Waals surface area contributed by atoms with E-state index < -0.39 is 6.17 Å². The Bertz CT molecular complexity index is 565. The molecule has 0 aliphatic carbocycles. The van der Waals surface area contributed by atoms with Crippen LogP contribution in [0, 0.1) is 11.3 Å². The van der Waals surface area contributed by atoms with Gasteiger partial charge < -0.3 is 15.0 Å². The molecule has 0 bridgehead atoms. The number of anilines is 2. The van der Waals surface area contributed by atoms with Crippen LogP contribution >= 0.6 is 0 Å². The van der Waals surface area contributed by atoms with E-state index in [9.17, 15) is 9.65 Å². The summed E-state index contributed by atoms with van der Waals surface area (Å²) in [5.74, 6) is 1.13. The molecule has 21 heavy (non-hydrogen) atoms. The summed E-state index contributed by atoms with van der Waals surface area (Å²) in [4.78, 5) is 10.5. The van der Waals surface area contributed by atoms with Gasteiger partial charge in [0.15, 0.2) is 5.82 Å². The summed E-state index contributed by atoms with van der Waals surface area (Å²) >= 11 is 0. The fourth-order valence-corrected chi connectivity index (χ4v) is 3.08. The Morgan fingerprint density at radius 1 is 1.52 bits per heavy atom. The van der Waals surface area contributed by atoms with Crippen LogP contribution in [0.4, 0.5) is 16.2 Å². The van der Waals surface area contributed by atoms with E-state index in [4.69, 9.17) is 4.74 Å². The summed E-state index contributed by atoms with van der Waals surface area (Å²) < 4.78 is 19.0. The van der Waals surface area contributed by atoms with Crippen LogP contribution in [0.15, 0.2) is 6.20 Å². The highest BCUT2D eigenvalue weighted by Crippen LogP contribution is 2.38. The number of halogens is 1. The lowest BCUT2D eigenvalue weighted by molar-refractivity contribution is -0.0156. The van der Waals surface area contributed by atoms with Gasteiger partial charge in [0.05, 0.1) is 18.4 Å². The maximum atomic E-state index is 13.4. The van der Waals surface area contributed by atoms with Gasteiger partial charge >= 0.3 is 0 Å². The quantitative estimate of drug-likeness (QED) is 0.890. The van der Waals surface area contributed by atoms with Gasteiger partial charge in [0.1, 0.15) is 17.8 Å². The highest BCUT2D eigenvalue weighted by Gasteiger charge is 2.43. The first-order valence-corrected chi connectivity index (χ1v) is 7.14. The lowest BCUT2D eigenvalue weighted by atomic mass is 9.88. The Hall–Kier alpha value is -1.94. The smallest absolute Gasteiger partial charge is 0.224 e. The van der Waals surface area contributed by atoms with Gasteiger partial charge in [-0.3, -0.25) is 0 Å². The van der Waals surface area contributed by atoms with Gasteiger partial charge in [-0.25, -0.2) is 9.37 Å². The molecule has 6 nitrogen and oxygen atoms in total. The molecule has 0 aromatic carbocycles. The number of aromatic nitrogens is 2. The maximum absolute atomic E-state index is 13.4. The topological polar surface area (TPSA) is 74.1 Å². The molecule has 0 saturated carbocycles. The fourth-order valence-electron chi connectivity index (χ4n) is 3.08. The molecule has 1 atom stereocenters. The van der Waals surface area contributed by atoms with Crippen molar-refractivity contribution in [2.24, 2.45) is 0 Å². The van der Waals surface area contributed by atoms with Gasteiger partial charge in [-0.05, 0) is 12.8 Å². The molecule has 1 N–H and O–H groups in total. The Balaban J connectivity index is 1.76. The first kappa shape index (κ1) is 14.0. The predicted octanol–water partition coefficient (Wildman–Crippen LogP) is 1.49. The van der Waals surface area contributed by atoms with Crippen molar-refractivity contribution in [1.29, 1.82) is 5.26 Å². The number of rotatable bonds is 2. The van der Waals surface area contributed by atoms with Crippen LogP contribution in [-0.2, 0) is 4.74 Å². The van der Waals surface area contributed by atoms with Gasteiger partial charge in [0.25, 0.3) is 0 Å². The minimum Gasteiger partial charge on any atom is -0.372 e. The van der Waals surface area contributed by atoms with Gasteiger partial charge in [-0.2, -0.15) is 10.2 Å². The second-order valence-corrected chi connectivity index (χ2v) is 5.58. The second kappa shape index (κ2) is 5.45. The van der Waals surface area contributed by atoms with Crippen LogP contribution in [0.5, 0.6) is 0 Å². The number of nitrogens with zero attached hydrogens (tertiary/aromatic N) is 4. The SMILES string of the molecule is CNc1ncc(C#N)c(N2CCC3(CC2)CC(F)CO3)n1. The Morgan fingerprint density at radius 3 is 2.86 bits per heavy atom. The maximum Gasteiger partial charge on any atom is 0.224 e. The van der Waals surface area contributed by atoms with E-state index in [1.165, 1.54) is 6.20 Å². The van der Waals surface area contributed by atoms with E-state index in [2.05, 4.69) is 26.3 Å². The van der Waals surface area contributed by atoms with Crippen LogP contribution < -0.4 is 10.2 Å². The van der Waals surface area contributed by atoms with Crippen LogP contribution in [0.25, 0.3) is 0 Å². The van der Waals surface area contributed by atoms with E-state index in [0.717, 1.165) is 12.8 Å². The van der Waals surface area contributed by atoms with Crippen LogP contribution in [-0.4, -0.2) is 48.5 Å². The number of hydrogen-bond donors (Lipinski definition) is 1. The van der Waals surface area contributed by atoms with Crippen LogP contribution in [0.1, 0.15) is 24.8 Å². The molecular formula is C14H18FN5O. The van der Waals surface area contributed by atoms with Crippen LogP contribution in [0.2, 0.25) is 0 Å². The van der Waals surface area contributed by atoms with Gasteiger partial charge in [-0.1, -0.05) is 0 Å². The van der Waals surface area contributed by atoms with Crippen molar-refractivity contribution in [3.05, 3.63) is 11.8 Å². The van der Waals surface area contributed by atoms with Gasteiger partial charge in [0.2, 0.25) is 5.95 Å². The van der Waals surface area contributed by atoms with Crippen molar-refractivity contribution in [2.45, 2.75) is 31.0 Å². The molecule has 0 amide bonds. The highest BCUT2D eigenvalue weighted by atomic mass is 19.1. The summed E-state index contributed by atoms with van der Waals surface area (Å²) in [6, 6.07) is 2.13. The van der Waals surface area contributed by atoms with E-state index in [1.807, 2.05) is 0 Å². The molecule has 7 heteroatoms. The molecule has 2 saturated heterocycles. The van der Waals surface area contributed by atoms with Crippen molar-refractivity contribution in [2.75, 3.05) is 37.0 Å². The first-order chi connectivity index (χ1) is 10.2. The molecule has 1 unspecified atom stereocenters. The van der Waals surface area contributed by atoms with E-state index in [1.54, 1.807) is 7.05 Å². The number of piperidine rings is 1. The second-order valence-electron chi connectivity index (χ2n) is 5.58. The monoisotopic (exact) mass is 291 g/mol. The third-order valence-corrected chi connectivity index (χ3v) is 4.25. The van der Waals surface area contributed by atoms with Crippen molar-refractivity contribution >= 4 is 11.8 Å². The summed E-state index contributed by atoms with van der Waals surface area (Å²) in [5, 5.41) is 12.1. The van der Waals surface area contributed by atoms with E-state index in [0.29, 0.717) is 36.8 Å². The molecule has 1 aromatic heterocycles. The summed E-state index contributed by atoms with van der Waals surface area (Å²) in [6.45, 7) is 1.63. The first-order valence-electron chi connectivity index (χ1n) is 7.14. The van der Waals surface area contributed by atoms with Crippen LogP contribution in [0.3, 0.4) is 0 Å². The molecule has 2 fully saturated rings. The number of alkyl halides is 1. The zero-order chi connectivity index (χ0) is 14.9.